The number of anilines is 1. The van der Waals surface area contributed by atoms with Crippen LogP contribution < -0.4 is 5.73 Å². The molecule has 0 spiro atoms. The summed E-state index contributed by atoms with van der Waals surface area (Å²) in [6.45, 7) is 0. The Hall–Kier alpha value is -1.82. The van der Waals surface area contributed by atoms with Crippen molar-refractivity contribution in [1.82, 2.24) is 0 Å². The van der Waals surface area contributed by atoms with Crippen molar-refractivity contribution in [1.29, 1.82) is 0 Å². The van der Waals surface area contributed by atoms with E-state index in [4.69, 9.17) is 5.73 Å². The molecule has 0 unspecified atom stereocenters. The number of nitrogens with two attached hydrogens (primary N) is 1. The van der Waals surface area contributed by atoms with Gasteiger partial charge in [-0.3, -0.25) is 4.79 Å². The highest BCUT2D eigenvalue weighted by Crippen LogP contribution is 2.32. The molecule has 0 saturated carbocycles. The Morgan fingerprint density at radius 2 is 1.94 bits per heavy atom. The highest BCUT2D eigenvalue weighted by molar-refractivity contribution is 7.08. The Labute approximate surface area is 105 Å². The van der Waals surface area contributed by atoms with Crippen molar-refractivity contribution in [2.24, 2.45) is 0 Å². The van der Waals surface area contributed by atoms with Crippen LogP contribution in [0.5, 0.6) is 0 Å². The van der Waals surface area contributed by atoms with Gasteiger partial charge in [-0.05, 0) is 29.6 Å². The first-order chi connectivity index (χ1) is 8.39. The number of rotatable bonds is 2. The summed E-state index contributed by atoms with van der Waals surface area (Å²) >= 11 is 1.29. The SMILES string of the molecule is Nc1ccc(C(F)(F)F)cc1C(=O)c1ccsc1. The van der Waals surface area contributed by atoms with E-state index in [0.717, 1.165) is 18.2 Å². The van der Waals surface area contributed by atoms with Gasteiger partial charge < -0.3 is 5.73 Å². The molecule has 6 heteroatoms. The molecular formula is C12H8F3NOS. The third-order valence-electron chi connectivity index (χ3n) is 2.41. The van der Waals surface area contributed by atoms with E-state index in [1.54, 1.807) is 16.8 Å². The Morgan fingerprint density at radius 3 is 2.50 bits per heavy atom. The van der Waals surface area contributed by atoms with Crippen LogP contribution in [0, 0.1) is 0 Å². The first kappa shape index (κ1) is 12.6. The first-order valence-corrected chi connectivity index (χ1v) is 5.87. The van der Waals surface area contributed by atoms with Gasteiger partial charge in [0.1, 0.15) is 0 Å². The molecule has 18 heavy (non-hydrogen) atoms. The van der Waals surface area contributed by atoms with Gasteiger partial charge >= 0.3 is 6.18 Å². The maximum Gasteiger partial charge on any atom is 0.416 e. The van der Waals surface area contributed by atoms with Gasteiger partial charge in [-0.1, -0.05) is 0 Å². The van der Waals surface area contributed by atoms with Gasteiger partial charge in [0.2, 0.25) is 0 Å². The van der Waals surface area contributed by atoms with Crippen LogP contribution in [0.4, 0.5) is 18.9 Å². The van der Waals surface area contributed by atoms with E-state index in [-0.39, 0.29) is 11.3 Å². The zero-order chi connectivity index (χ0) is 13.3. The van der Waals surface area contributed by atoms with Crippen molar-refractivity contribution < 1.29 is 18.0 Å². The predicted molar refractivity (Wildman–Crippen MR) is 63.6 cm³/mol. The van der Waals surface area contributed by atoms with E-state index in [9.17, 15) is 18.0 Å². The summed E-state index contributed by atoms with van der Waals surface area (Å²) < 4.78 is 37.7. The van der Waals surface area contributed by atoms with Crippen LogP contribution in [0.25, 0.3) is 0 Å². The van der Waals surface area contributed by atoms with E-state index in [1.807, 2.05) is 0 Å². The lowest BCUT2D eigenvalue weighted by atomic mass is 10.0. The molecule has 0 atom stereocenters. The molecule has 1 aromatic carbocycles. The maximum absolute atomic E-state index is 12.6. The van der Waals surface area contributed by atoms with Crippen molar-refractivity contribution in [3.05, 3.63) is 51.7 Å². The molecule has 0 bridgehead atoms. The minimum atomic E-state index is -4.49. The molecule has 94 valence electrons. The zero-order valence-electron chi connectivity index (χ0n) is 8.99. The van der Waals surface area contributed by atoms with Gasteiger partial charge in [-0.25, -0.2) is 0 Å². The topological polar surface area (TPSA) is 43.1 Å². The third-order valence-corrected chi connectivity index (χ3v) is 3.09. The van der Waals surface area contributed by atoms with Gasteiger partial charge in [0.05, 0.1) is 5.56 Å². The number of halogens is 3. The smallest absolute Gasteiger partial charge is 0.398 e. The molecule has 2 rings (SSSR count). The quantitative estimate of drug-likeness (QED) is 0.670. The minimum absolute atomic E-state index is 0.0409. The summed E-state index contributed by atoms with van der Waals surface area (Å²) in [5, 5.41) is 3.25. The van der Waals surface area contributed by atoms with Crippen LogP contribution in [-0.2, 0) is 6.18 Å². The molecule has 2 nitrogen and oxygen atoms in total. The normalized spacial score (nSPS) is 11.5. The molecule has 0 saturated heterocycles. The molecule has 2 N–H and O–H groups in total. The highest BCUT2D eigenvalue weighted by Gasteiger charge is 2.31. The third kappa shape index (κ3) is 2.38. The van der Waals surface area contributed by atoms with Gasteiger partial charge in [-0.15, -0.1) is 0 Å². The maximum atomic E-state index is 12.6. The van der Waals surface area contributed by atoms with Crippen molar-refractivity contribution in [2.45, 2.75) is 6.18 Å². The van der Waals surface area contributed by atoms with Crippen molar-refractivity contribution in [3.8, 4) is 0 Å². The number of nitrogen functional groups attached to an aromatic ring is 1. The second-order valence-corrected chi connectivity index (χ2v) is 4.42. The molecule has 0 aliphatic rings. The van der Waals surface area contributed by atoms with Crippen molar-refractivity contribution in [3.63, 3.8) is 0 Å². The summed E-state index contributed by atoms with van der Waals surface area (Å²) in [6.07, 6.45) is -4.49. The second kappa shape index (κ2) is 4.45. The number of benzene rings is 1. The fourth-order valence-corrected chi connectivity index (χ4v) is 2.11. The summed E-state index contributed by atoms with van der Waals surface area (Å²) in [6, 6.07) is 4.30. The van der Waals surface area contributed by atoms with E-state index < -0.39 is 17.5 Å². The standard InChI is InChI=1S/C12H8F3NOS/c13-12(14,15)8-1-2-10(16)9(5-8)11(17)7-3-4-18-6-7/h1-6H,16H2. The lowest BCUT2D eigenvalue weighted by molar-refractivity contribution is -0.137. The van der Waals surface area contributed by atoms with Crippen molar-refractivity contribution in [2.75, 3.05) is 5.73 Å². The molecule has 0 amide bonds. The van der Waals surface area contributed by atoms with Crippen LogP contribution in [0.3, 0.4) is 0 Å². The Balaban J connectivity index is 2.48. The molecule has 0 fully saturated rings. The fourth-order valence-electron chi connectivity index (χ4n) is 1.48. The number of hydrogen-bond donors (Lipinski definition) is 1. The van der Waals surface area contributed by atoms with Crippen molar-refractivity contribution >= 4 is 22.8 Å². The molecule has 0 aliphatic heterocycles. The van der Waals surface area contributed by atoms with E-state index in [2.05, 4.69) is 0 Å². The Bertz CT molecular complexity index is 576. The molecule has 0 aliphatic carbocycles. The fraction of sp³-hybridized carbons (Fsp3) is 0.0833. The number of ketones is 1. The highest BCUT2D eigenvalue weighted by atomic mass is 32.1. The molecule has 1 aromatic heterocycles. The minimum Gasteiger partial charge on any atom is -0.398 e. The van der Waals surface area contributed by atoms with Gasteiger partial charge in [0.25, 0.3) is 0 Å². The summed E-state index contributed by atoms with van der Waals surface area (Å²) in [5.74, 6) is -0.500. The lowest BCUT2D eigenvalue weighted by Crippen LogP contribution is -2.10. The number of hydrogen-bond acceptors (Lipinski definition) is 3. The van der Waals surface area contributed by atoms with Gasteiger partial charge in [0, 0.05) is 22.2 Å². The van der Waals surface area contributed by atoms with Crippen LogP contribution in [0.15, 0.2) is 35.0 Å². The second-order valence-electron chi connectivity index (χ2n) is 3.64. The Morgan fingerprint density at radius 1 is 1.22 bits per heavy atom. The molecule has 2 aromatic rings. The first-order valence-electron chi connectivity index (χ1n) is 4.93. The van der Waals surface area contributed by atoms with Crippen LogP contribution >= 0.6 is 11.3 Å². The van der Waals surface area contributed by atoms with E-state index >= 15 is 0 Å². The Kier molecular flexibility index (Phi) is 3.13. The van der Waals surface area contributed by atoms with Crippen LogP contribution in [0.2, 0.25) is 0 Å². The average Bonchev–Trinajstić information content (AvgIpc) is 2.80. The van der Waals surface area contributed by atoms with E-state index in [0.29, 0.717) is 5.56 Å². The number of carbonyl (C=O) groups excluding carboxylic acids is 1. The van der Waals surface area contributed by atoms with Gasteiger partial charge in [0.15, 0.2) is 5.78 Å². The number of alkyl halides is 3. The summed E-state index contributed by atoms with van der Waals surface area (Å²) in [5.41, 5.74) is 4.93. The predicted octanol–water partition coefficient (Wildman–Crippen LogP) is 3.58. The number of thiophene rings is 1. The lowest BCUT2D eigenvalue weighted by Gasteiger charge is -2.10. The monoisotopic (exact) mass is 271 g/mol. The summed E-state index contributed by atoms with van der Waals surface area (Å²) in [7, 11) is 0. The zero-order valence-corrected chi connectivity index (χ0v) is 9.81. The largest absolute Gasteiger partial charge is 0.416 e. The van der Waals surface area contributed by atoms with Crippen LogP contribution in [-0.4, -0.2) is 5.78 Å². The van der Waals surface area contributed by atoms with E-state index in [1.165, 1.54) is 11.3 Å². The molecular weight excluding hydrogens is 263 g/mol. The van der Waals surface area contributed by atoms with Gasteiger partial charge in [-0.2, -0.15) is 24.5 Å². The molecule has 1 heterocycles. The molecule has 0 radical (unpaired) electrons. The number of carbonyl (C=O) groups is 1. The summed E-state index contributed by atoms with van der Waals surface area (Å²) in [4.78, 5) is 12.0. The average molecular weight is 271 g/mol. The van der Waals surface area contributed by atoms with Crippen LogP contribution in [0.1, 0.15) is 21.5 Å².